The first kappa shape index (κ1) is 75.4. The summed E-state index contributed by atoms with van der Waals surface area (Å²) in [5, 5.41) is 0. The topological polar surface area (TPSA) is 78.9 Å². The number of unbranched alkanes of at least 4 members (excludes halogenated alkanes) is 45. The lowest BCUT2D eigenvalue weighted by Gasteiger charge is -2.18. The Morgan fingerprint density at radius 1 is 0.256 bits per heavy atom. The number of allylic oxidation sites excluding steroid dienone is 8. The van der Waals surface area contributed by atoms with Crippen LogP contribution in [0.2, 0.25) is 0 Å². The number of ether oxygens (including phenoxy) is 3. The number of hydrogen-bond donors (Lipinski definition) is 0. The normalized spacial score (nSPS) is 12.3. The first-order valence-corrected chi connectivity index (χ1v) is 34.6. The van der Waals surface area contributed by atoms with Gasteiger partial charge in [-0.15, -0.1) is 0 Å². The smallest absolute Gasteiger partial charge is 0.306 e. The van der Waals surface area contributed by atoms with E-state index < -0.39 is 6.10 Å². The molecule has 0 rings (SSSR count). The molecule has 0 N–H and O–H groups in total. The first-order chi connectivity index (χ1) is 38.5. The van der Waals surface area contributed by atoms with Gasteiger partial charge in [0.1, 0.15) is 13.2 Å². The third-order valence-electron chi connectivity index (χ3n) is 15.5. The van der Waals surface area contributed by atoms with Crippen molar-refractivity contribution in [1.29, 1.82) is 0 Å². The van der Waals surface area contributed by atoms with Crippen LogP contribution in [0.1, 0.15) is 374 Å². The molecule has 6 heteroatoms. The van der Waals surface area contributed by atoms with E-state index in [-0.39, 0.29) is 31.1 Å². The van der Waals surface area contributed by atoms with Crippen LogP contribution in [-0.4, -0.2) is 37.2 Å². The highest BCUT2D eigenvalue weighted by atomic mass is 16.6. The zero-order valence-electron chi connectivity index (χ0n) is 52.5. The van der Waals surface area contributed by atoms with Crippen LogP contribution >= 0.6 is 0 Å². The molecule has 0 aromatic rings. The average Bonchev–Trinajstić information content (AvgIpc) is 3.44. The molecule has 0 aliphatic carbocycles. The third kappa shape index (κ3) is 64.2. The molecule has 0 amide bonds. The lowest BCUT2D eigenvalue weighted by Crippen LogP contribution is -2.30. The second kappa shape index (κ2) is 66.9. The lowest BCUT2D eigenvalue weighted by atomic mass is 10.0. The average molecular weight is 1090 g/mol. The molecule has 0 spiro atoms. The molecule has 1 unspecified atom stereocenters. The Kier molecular flexibility index (Phi) is 64.6. The van der Waals surface area contributed by atoms with E-state index in [9.17, 15) is 14.4 Å². The second-order valence-electron chi connectivity index (χ2n) is 23.4. The monoisotopic (exact) mass is 1090 g/mol. The molecule has 0 radical (unpaired) electrons. The Hall–Kier alpha value is -2.63. The van der Waals surface area contributed by atoms with Crippen molar-refractivity contribution in [2.24, 2.45) is 0 Å². The number of esters is 3. The van der Waals surface area contributed by atoms with Crippen LogP contribution in [0.15, 0.2) is 48.6 Å². The van der Waals surface area contributed by atoms with Crippen molar-refractivity contribution in [1.82, 2.24) is 0 Å². The van der Waals surface area contributed by atoms with Gasteiger partial charge in [0, 0.05) is 19.3 Å². The molecular formula is C72H132O6. The molecule has 1 atom stereocenters. The van der Waals surface area contributed by atoms with E-state index in [1.807, 2.05) is 0 Å². The fourth-order valence-electron chi connectivity index (χ4n) is 10.3. The molecule has 0 aliphatic rings. The van der Waals surface area contributed by atoms with E-state index in [1.54, 1.807) is 0 Å². The van der Waals surface area contributed by atoms with Gasteiger partial charge < -0.3 is 14.2 Å². The molecule has 0 saturated carbocycles. The number of rotatable bonds is 64. The SMILES string of the molecule is CCC/C=C\C/C=C\CCCCCCCC(=O)OCC(COC(=O)CCCCCCCCCCCCCCCCCCCCCCCCCCCCCCCCCCCC)OC(=O)CCCCCCC/C=C\C/C=C\CCC. The maximum absolute atomic E-state index is 12.9. The van der Waals surface area contributed by atoms with Gasteiger partial charge in [-0.2, -0.15) is 0 Å². The molecule has 0 saturated heterocycles. The van der Waals surface area contributed by atoms with Gasteiger partial charge in [0.25, 0.3) is 0 Å². The van der Waals surface area contributed by atoms with Gasteiger partial charge in [-0.3, -0.25) is 14.4 Å². The van der Waals surface area contributed by atoms with Gasteiger partial charge >= 0.3 is 17.9 Å². The Bertz CT molecular complexity index is 1350. The minimum absolute atomic E-state index is 0.0804. The largest absolute Gasteiger partial charge is 0.462 e. The summed E-state index contributed by atoms with van der Waals surface area (Å²) in [6.45, 7) is 6.54. The highest BCUT2D eigenvalue weighted by molar-refractivity contribution is 5.71. The minimum Gasteiger partial charge on any atom is -0.462 e. The number of hydrogen-bond acceptors (Lipinski definition) is 6. The van der Waals surface area contributed by atoms with Gasteiger partial charge in [0.05, 0.1) is 0 Å². The lowest BCUT2D eigenvalue weighted by molar-refractivity contribution is -0.167. The van der Waals surface area contributed by atoms with Crippen molar-refractivity contribution in [3.63, 3.8) is 0 Å². The molecule has 78 heavy (non-hydrogen) atoms. The van der Waals surface area contributed by atoms with Crippen LogP contribution in [0.25, 0.3) is 0 Å². The van der Waals surface area contributed by atoms with Gasteiger partial charge in [-0.05, 0) is 70.6 Å². The Balaban J connectivity index is 4.03. The maximum atomic E-state index is 12.9. The van der Waals surface area contributed by atoms with Crippen molar-refractivity contribution in [3.8, 4) is 0 Å². The summed E-state index contributed by atoms with van der Waals surface area (Å²) in [6.07, 6.45) is 84.6. The maximum Gasteiger partial charge on any atom is 0.306 e. The summed E-state index contributed by atoms with van der Waals surface area (Å²) in [4.78, 5) is 38.2. The number of carbonyl (C=O) groups is 3. The summed E-state index contributed by atoms with van der Waals surface area (Å²) < 4.78 is 16.9. The molecule has 0 fully saturated rings. The molecular weight excluding hydrogens is 961 g/mol. The van der Waals surface area contributed by atoms with Crippen molar-refractivity contribution in [2.45, 2.75) is 380 Å². The molecule has 0 aromatic heterocycles. The Labute approximate surface area is 486 Å². The van der Waals surface area contributed by atoms with Crippen LogP contribution < -0.4 is 0 Å². The second-order valence-corrected chi connectivity index (χ2v) is 23.4. The van der Waals surface area contributed by atoms with Crippen LogP contribution in [-0.2, 0) is 28.6 Å². The Morgan fingerprint density at radius 2 is 0.487 bits per heavy atom. The molecule has 0 bridgehead atoms. The molecule has 0 heterocycles. The van der Waals surface area contributed by atoms with Crippen LogP contribution in [0, 0.1) is 0 Å². The minimum atomic E-state index is -0.785. The zero-order chi connectivity index (χ0) is 56.4. The van der Waals surface area contributed by atoms with Crippen LogP contribution in [0.5, 0.6) is 0 Å². The number of carbonyl (C=O) groups excluding carboxylic acids is 3. The van der Waals surface area contributed by atoms with E-state index in [0.29, 0.717) is 19.3 Å². The Morgan fingerprint density at radius 3 is 0.756 bits per heavy atom. The quantitative estimate of drug-likeness (QED) is 0.0261. The standard InChI is InChI=1S/C72H132O6/c1-4-7-10-13-16-19-22-25-26-27-28-29-30-31-32-33-34-35-36-37-38-39-40-41-42-43-44-45-48-50-53-56-59-62-65-71(74)77-68-69(78-72(75)66-63-60-57-54-51-47-24-21-18-15-12-9-6-3)67-76-70(73)64-61-58-55-52-49-46-23-20-17-14-11-8-5-2/h11-12,14-15,20-21,23-24,69H,4-10,13,16-19,22,25-68H2,1-3H3/b14-11-,15-12-,23-20-,24-21-. The van der Waals surface area contributed by atoms with Crippen molar-refractivity contribution < 1.29 is 28.6 Å². The van der Waals surface area contributed by atoms with Crippen LogP contribution in [0.4, 0.5) is 0 Å². The van der Waals surface area contributed by atoms with Gasteiger partial charge in [-0.1, -0.05) is 333 Å². The zero-order valence-corrected chi connectivity index (χ0v) is 52.5. The van der Waals surface area contributed by atoms with Gasteiger partial charge in [-0.25, -0.2) is 0 Å². The van der Waals surface area contributed by atoms with E-state index in [4.69, 9.17) is 14.2 Å². The van der Waals surface area contributed by atoms with E-state index >= 15 is 0 Å². The van der Waals surface area contributed by atoms with Crippen molar-refractivity contribution >= 4 is 17.9 Å². The fourth-order valence-corrected chi connectivity index (χ4v) is 10.3. The van der Waals surface area contributed by atoms with E-state index in [1.165, 1.54) is 218 Å². The predicted octanol–water partition coefficient (Wildman–Crippen LogP) is 23.7. The van der Waals surface area contributed by atoms with Gasteiger partial charge in [0.2, 0.25) is 0 Å². The third-order valence-corrected chi connectivity index (χ3v) is 15.5. The fraction of sp³-hybridized carbons (Fsp3) is 0.847. The highest BCUT2D eigenvalue weighted by Crippen LogP contribution is 2.19. The highest BCUT2D eigenvalue weighted by Gasteiger charge is 2.19. The van der Waals surface area contributed by atoms with Crippen molar-refractivity contribution in [2.75, 3.05) is 13.2 Å². The summed E-state index contributed by atoms with van der Waals surface area (Å²) in [5.74, 6) is -0.892. The van der Waals surface area contributed by atoms with Crippen molar-refractivity contribution in [3.05, 3.63) is 48.6 Å². The van der Waals surface area contributed by atoms with E-state index in [0.717, 1.165) is 116 Å². The summed E-state index contributed by atoms with van der Waals surface area (Å²) in [6, 6.07) is 0. The summed E-state index contributed by atoms with van der Waals surface area (Å²) in [7, 11) is 0. The predicted molar refractivity (Wildman–Crippen MR) is 339 cm³/mol. The molecule has 0 aromatic carbocycles. The molecule has 6 nitrogen and oxygen atoms in total. The van der Waals surface area contributed by atoms with Gasteiger partial charge in [0.15, 0.2) is 6.10 Å². The summed E-state index contributed by atoms with van der Waals surface area (Å²) >= 11 is 0. The first-order valence-electron chi connectivity index (χ1n) is 34.6. The van der Waals surface area contributed by atoms with E-state index in [2.05, 4.69) is 69.4 Å². The summed E-state index contributed by atoms with van der Waals surface area (Å²) in [5.41, 5.74) is 0. The van der Waals surface area contributed by atoms with Crippen LogP contribution in [0.3, 0.4) is 0 Å². The molecule has 0 aliphatic heterocycles. The molecule has 456 valence electrons.